The molecule has 1 aromatic carbocycles. The molecule has 1 aliphatic rings. The summed E-state index contributed by atoms with van der Waals surface area (Å²) in [7, 11) is 0. The zero-order chi connectivity index (χ0) is 18.4. The number of H-pyrrole nitrogens is 1. The van der Waals surface area contributed by atoms with Gasteiger partial charge in [0, 0.05) is 29.0 Å². The first kappa shape index (κ1) is 16.5. The first-order valence-electron chi connectivity index (χ1n) is 7.84. The van der Waals surface area contributed by atoms with Crippen molar-refractivity contribution in [2.75, 3.05) is 5.32 Å². The van der Waals surface area contributed by atoms with Gasteiger partial charge in [-0.1, -0.05) is 11.6 Å². The lowest BCUT2D eigenvalue weighted by Crippen LogP contribution is -2.25. The summed E-state index contributed by atoms with van der Waals surface area (Å²) in [6.07, 6.45) is 0.0792. The molecule has 0 bridgehead atoms. The van der Waals surface area contributed by atoms with Crippen molar-refractivity contribution < 1.29 is 9.18 Å². The molecule has 0 aliphatic carbocycles. The number of halogens is 2. The normalized spacial score (nSPS) is 16.3. The molecule has 9 heteroatoms. The lowest BCUT2D eigenvalue weighted by molar-refractivity contribution is -0.116. The summed E-state index contributed by atoms with van der Waals surface area (Å²) >= 11 is 6.02. The van der Waals surface area contributed by atoms with Crippen molar-refractivity contribution in [3.8, 4) is 5.82 Å². The molecule has 1 atom stereocenters. The number of benzene rings is 1. The molecule has 1 amide bonds. The molecule has 2 N–H and O–H groups in total. The first-order chi connectivity index (χ1) is 12.4. The Hall–Kier alpha value is -3.00. The van der Waals surface area contributed by atoms with Crippen molar-refractivity contribution >= 4 is 23.3 Å². The Morgan fingerprint density at radius 1 is 1.27 bits per heavy atom. The van der Waals surface area contributed by atoms with Gasteiger partial charge in [-0.25, -0.2) is 9.49 Å². The van der Waals surface area contributed by atoms with Gasteiger partial charge >= 0.3 is 0 Å². The minimum absolute atomic E-state index is 0.0792. The van der Waals surface area contributed by atoms with Crippen LogP contribution in [-0.2, 0) is 4.79 Å². The van der Waals surface area contributed by atoms with Crippen LogP contribution in [0.4, 0.5) is 10.2 Å². The van der Waals surface area contributed by atoms with Gasteiger partial charge in [-0.2, -0.15) is 14.9 Å². The number of anilines is 1. The van der Waals surface area contributed by atoms with E-state index in [9.17, 15) is 14.0 Å². The zero-order valence-corrected chi connectivity index (χ0v) is 14.3. The van der Waals surface area contributed by atoms with E-state index in [2.05, 4.69) is 20.6 Å². The number of amides is 1. The standard InChI is InChI=1S/C17H13ClFN5O2/c1-8-16-11(10-6-9(18)2-3-12(10)19)7-15(26)20-17(16)24(23-8)13-4-5-14(25)22-21-13/h2-6,11H,7H2,1H3,(H,20,26)(H,22,25)/t11-/m0/s1. The summed E-state index contributed by atoms with van der Waals surface area (Å²) in [5.41, 5.74) is 1.30. The van der Waals surface area contributed by atoms with Crippen molar-refractivity contribution in [2.45, 2.75) is 19.3 Å². The minimum Gasteiger partial charge on any atom is -0.310 e. The maximum atomic E-state index is 14.4. The Balaban J connectivity index is 1.91. The Morgan fingerprint density at radius 2 is 2.08 bits per heavy atom. The molecule has 0 saturated heterocycles. The Kier molecular flexibility index (Phi) is 3.84. The number of rotatable bonds is 2. The molecule has 0 radical (unpaired) electrons. The van der Waals surface area contributed by atoms with E-state index in [1.54, 1.807) is 6.92 Å². The third-order valence-electron chi connectivity index (χ3n) is 4.32. The predicted molar refractivity (Wildman–Crippen MR) is 93.2 cm³/mol. The fraction of sp³-hybridized carbons (Fsp3) is 0.176. The predicted octanol–water partition coefficient (Wildman–Crippen LogP) is 2.53. The number of nitrogens with zero attached hydrogens (tertiary/aromatic N) is 3. The number of nitrogens with one attached hydrogen (secondary N) is 2. The Labute approximate surface area is 151 Å². The van der Waals surface area contributed by atoms with Crippen molar-refractivity contribution in [1.29, 1.82) is 0 Å². The van der Waals surface area contributed by atoms with E-state index in [0.717, 1.165) is 0 Å². The SMILES string of the molecule is Cc1nn(-c2ccc(=O)[nH]n2)c2c1[C@H](c1cc(Cl)ccc1F)CC(=O)N2. The lowest BCUT2D eigenvalue weighted by Gasteiger charge is -2.24. The summed E-state index contributed by atoms with van der Waals surface area (Å²) in [5, 5.41) is 13.8. The van der Waals surface area contributed by atoms with Crippen LogP contribution in [0, 0.1) is 12.7 Å². The quantitative estimate of drug-likeness (QED) is 0.722. The number of aryl methyl sites for hydroxylation is 1. The van der Waals surface area contributed by atoms with Gasteiger partial charge in [0.1, 0.15) is 11.6 Å². The molecule has 132 valence electrons. The molecule has 0 unspecified atom stereocenters. The highest BCUT2D eigenvalue weighted by atomic mass is 35.5. The van der Waals surface area contributed by atoms with Gasteiger partial charge in [-0.15, -0.1) is 0 Å². The highest BCUT2D eigenvalue weighted by Crippen LogP contribution is 2.41. The average molecular weight is 374 g/mol. The van der Waals surface area contributed by atoms with Gasteiger partial charge in [0.05, 0.1) is 5.69 Å². The van der Waals surface area contributed by atoms with E-state index < -0.39 is 11.7 Å². The lowest BCUT2D eigenvalue weighted by atomic mass is 9.85. The van der Waals surface area contributed by atoms with Crippen LogP contribution < -0.4 is 10.9 Å². The van der Waals surface area contributed by atoms with E-state index >= 15 is 0 Å². The first-order valence-corrected chi connectivity index (χ1v) is 8.22. The second-order valence-corrected chi connectivity index (χ2v) is 6.45. The number of hydrogen-bond acceptors (Lipinski definition) is 4. The van der Waals surface area contributed by atoms with E-state index in [-0.39, 0.29) is 17.9 Å². The molecule has 3 heterocycles. The fourth-order valence-electron chi connectivity index (χ4n) is 3.22. The van der Waals surface area contributed by atoms with Gasteiger partial charge in [0.2, 0.25) is 5.91 Å². The largest absolute Gasteiger partial charge is 0.310 e. The van der Waals surface area contributed by atoms with E-state index in [0.29, 0.717) is 33.5 Å². The number of aromatic amines is 1. The number of carbonyl (C=O) groups excluding carboxylic acids is 1. The van der Waals surface area contributed by atoms with Crippen LogP contribution in [-0.4, -0.2) is 25.9 Å². The maximum absolute atomic E-state index is 14.4. The molecule has 0 saturated carbocycles. The average Bonchev–Trinajstić information content (AvgIpc) is 2.94. The van der Waals surface area contributed by atoms with Gasteiger partial charge in [-0.3, -0.25) is 9.59 Å². The second-order valence-electron chi connectivity index (χ2n) is 6.01. The fourth-order valence-corrected chi connectivity index (χ4v) is 3.40. The Morgan fingerprint density at radius 3 is 2.81 bits per heavy atom. The minimum atomic E-state index is -0.519. The van der Waals surface area contributed by atoms with Gasteiger partial charge < -0.3 is 5.32 Å². The van der Waals surface area contributed by atoms with Crippen LogP contribution in [0.1, 0.15) is 29.2 Å². The summed E-state index contributed by atoms with van der Waals surface area (Å²) < 4.78 is 15.8. The number of fused-ring (bicyclic) bond motifs is 1. The molecule has 0 fully saturated rings. The van der Waals surface area contributed by atoms with Crippen molar-refractivity contribution in [3.63, 3.8) is 0 Å². The number of hydrogen-bond donors (Lipinski definition) is 2. The molecule has 1 aliphatic heterocycles. The maximum Gasteiger partial charge on any atom is 0.264 e. The summed E-state index contributed by atoms with van der Waals surface area (Å²) in [6, 6.07) is 7.07. The van der Waals surface area contributed by atoms with E-state index in [1.807, 2.05) is 0 Å². The van der Waals surface area contributed by atoms with Crippen molar-refractivity contribution in [2.24, 2.45) is 0 Å². The smallest absolute Gasteiger partial charge is 0.264 e. The Bertz CT molecular complexity index is 1070. The van der Waals surface area contributed by atoms with Crippen LogP contribution in [0.15, 0.2) is 35.1 Å². The van der Waals surface area contributed by atoms with Crippen molar-refractivity contribution in [3.05, 3.63) is 68.3 Å². The van der Waals surface area contributed by atoms with Crippen LogP contribution in [0.2, 0.25) is 5.02 Å². The monoisotopic (exact) mass is 373 g/mol. The van der Waals surface area contributed by atoms with Crippen LogP contribution in [0.3, 0.4) is 0 Å². The third-order valence-corrected chi connectivity index (χ3v) is 4.55. The molecule has 2 aromatic heterocycles. The summed E-state index contributed by atoms with van der Waals surface area (Å²) in [4.78, 5) is 23.5. The third kappa shape index (κ3) is 2.68. The van der Waals surface area contributed by atoms with E-state index in [4.69, 9.17) is 11.6 Å². The molecule has 4 rings (SSSR count). The van der Waals surface area contributed by atoms with Crippen molar-refractivity contribution in [1.82, 2.24) is 20.0 Å². The highest BCUT2D eigenvalue weighted by molar-refractivity contribution is 6.30. The number of carbonyl (C=O) groups is 1. The summed E-state index contributed by atoms with van der Waals surface area (Å²) in [6.45, 7) is 1.77. The molecular weight excluding hydrogens is 361 g/mol. The van der Waals surface area contributed by atoms with Gasteiger partial charge in [-0.05, 0) is 36.8 Å². The number of aromatic nitrogens is 4. The van der Waals surface area contributed by atoms with Gasteiger partial charge in [0.15, 0.2) is 5.82 Å². The molecule has 0 spiro atoms. The van der Waals surface area contributed by atoms with Crippen LogP contribution in [0.5, 0.6) is 0 Å². The summed E-state index contributed by atoms with van der Waals surface area (Å²) in [5.74, 6) is -0.486. The molecule has 26 heavy (non-hydrogen) atoms. The zero-order valence-electron chi connectivity index (χ0n) is 13.6. The molecular formula is C17H13ClFN5O2. The molecule has 7 nitrogen and oxygen atoms in total. The second kappa shape index (κ2) is 6.06. The van der Waals surface area contributed by atoms with Crippen LogP contribution >= 0.6 is 11.6 Å². The van der Waals surface area contributed by atoms with Gasteiger partial charge in [0.25, 0.3) is 5.56 Å². The molecule has 3 aromatic rings. The topological polar surface area (TPSA) is 92.7 Å². The van der Waals surface area contributed by atoms with E-state index in [1.165, 1.54) is 35.0 Å². The van der Waals surface area contributed by atoms with Crippen LogP contribution in [0.25, 0.3) is 5.82 Å². The highest BCUT2D eigenvalue weighted by Gasteiger charge is 2.34.